The van der Waals surface area contributed by atoms with Crippen LogP contribution in [0.2, 0.25) is 0 Å². The number of alkyl halides is 4. The van der Waals surface area contributed by atoms with Crippen LogP contribution < -0.4 is 5.32 Å². The molecule has 0 bridgehead atoms. The van der Waals surface area contributed by atoms with E-state index in [0.717, 1.165) is 4.90 Å². The van der Waals surface area contributed by atoms with Crippen molar-refractivity contribution < 1.29 is 32.3 Å². The molecule has 0 aromatic carbocycles. The third kappa shape index (κ3) is 3.48. The lowest BCUT2D eigenvalue weighted by Crippen LogP contribution is -2.51. The second kappa shape index (κ2) is 5.62. The molecule has 0 spiro atoms. The van der Waals surface area contributed by atoms with E-state index in [1.807, 2.05) is 0 Å². The van der Waals surface area contributed by atoms with Gasteiger partial charge in [0.25, 0.3) is 0 Å². The minimum absolute atomic E-state index is 0.0875. The first-order chi connectivity index (χ1) is 8.66. The van der Waals surface area contributed by atoms with Crippen LogP contribution in [0.3, 0.4) is 0 Å². The molecule has 0 radical (unpaired) electrons. The largest absolute Gasteiger partial charge is 0.480 e. The summed E-state index contributed by atoms with van der Waals surface area (Å²) in [6.07, 6.45) is -3.48. The van der Waals surface area contributed by atoms with Crippen LogP contribution in [0.4, 0.5) is 22.4 Å². The van der Waals surface area contributed by atoms with Crippen molar-refractivity contribution in [1.82, 2.24) is 10.2 Å². The number of nitrogens with one attached hydrogen (secondary N) is 1. The normalized spacial score (nSPS) is 23.8. The molecule has 2 N–H and O–H groups in total. The first-order valence-electron chi connectivity index (χ1n) is 5.60. The molecule has 0 saturated carbocycles. The lowest BCUT2D eigenvalue weighted by Gasteiger charge is -2.25. The van der Waals surface area contributed by atoms with Gasteiger partial charge in [0.1, 0.15) is 6.04 Å². The Bertz CT molecular complexity index is 365. The summed E-state index contributed by atoms with van der Waals surface area (Å²) in [6.45, 7) is 0.171. The highest BCUT2D eigenvalue weighted by Gasteiger charge is 2.43. The third-order valence-corrected chi connectivity index (χ3v) is 3.01. The maximum Gasteiger partial charge on any atom is 0.326 e. The second-order valence-corrected chi connectivity index (χ2v) is 4.46. The number of aliphatic carboxylic acids is 1. The van der Waals surface area contributed by atoms with Gasteiger partial charge in [0.2, 0.25) is 0 Å². The highest BCUT2D eigenvalue weighted by molar-refractivity contribution is 5.83. The zero-order valence-electron chi connectivity index (χ0n) is 10.1. The van der Waals surface area contributed by atoms with Crippen molar-refractivity contribution in [2.24, 2.45) is 5.92 Å². The topological polar surface area (TPSA) is 69.6 Å². The molecule has 2 atom stereocenters. The predicted octanol–water partition coefficient (Wildman–Crippen LogP) is 1.39. The molecule has 0 aromatic rings. The minimum atomic E-state index is -4.33. The summed E-state index contributed by atoms with van der Waals surface area (Å²) < 4.78 is 49.0. The standard InChI is InChI=1S/C10H14F4N2O3/c1-5-2-3-16(6(5)7(17)18)9(19)15-4-10(13,14)8(11)12/h5-6,8H,2-4H2,1H3,(H,15,19)(H,17,18). The van der Waals surface area contributed by atoms with E-state index in [0.29, 0.717) is 6.42 Å². The summed E-state index contributed by atoms with van der Waals surface area (Å²) in [5.41, 5.74) is 0. The number of carboxylic acids is 1. The second-order valence-electron chi connectivity index (χ2n) is 4.46. The Labute approximate surface area is 106 Å². The van der Waals surface area contributed by atoms with Gasteiger partial charge < -0.3 is 15.3 Å². The number of hydrogen-bond donors (Lipinski definition) is 2. The van der Waals surface area contributed by atoms with Crippen molar-refractivity contribution in [3.63, 3.8) is 0 Å². The van der Waals surface area contributed by atoms with Gasteiger partial charge in [-0.3, -0.25) is 0 Å². The molecule has 1 heterocycles. The smallest absolute Gasteiger partial charge is 0.326 e. The van der Waals surface area contributed by atoms with Gasteiger partial charge >= 0.3 is 24.3 Å². The van der Waals surface area contributed by atoms with Crippen LogP contribution in [0.15, 0.2) is 0 Å². The molecule has 110 valence electrons. The summed E-state index contributed by atoms with van der Waals surface area (Å²) >= 11 is 0. The van der Waals surface area contributed by atoms with E-state index in [1.54, 1.807) is 12.2 Å². The Hall–Kier alpha value is -1.54. The van der Waals surface area contributed by atoms with E-state index in [-0.39, 0.29) is 12.5 Å². The van der Waals surface area contributed by atoms with E-state index >= 15 is 0 Å². The van der Waals surface area contributed by atoms with Gasteiger partial charge in [0.15, 0.2) is 0 Å². The van der Waals surface area contributed by atoms with Crippen molar-refractivity contribution in [3.8, 4) is 0 Å². The molecule has 1 aliphatic rings. The van der Waals surface area contributed by atoms with Crippen molar-refractivity contribution in [2.45, 2.75) is 31.7 Å². The number of carboxylic acid groups (broad SMARTS) is 1. The molecule has 0 aromatic heterocycles. The van der Waals surface area contributed by atoms with Crippen LogP contribution in [0.25, 0.3) is 0 Å². The van der Waals surface area contributed by atoms with Crippen LogP contribution in [0, 0.1) is 5.92 Å². The fraction of sp³-hybridized carbons (Fsp3) is 0.800. The first kappa shape index (κ1) is 15.5. The van der Waals surface area contributed by atoms with Crippen molar-refractivity contribution >= 4 is 12.0 Å². The fourth-order valence-electron chi connectivity index (χ4n) is 1.92. The Balaban J connectivity index is 2.61. The summed E-state index contributed by atoms with van der Waals surface area (Å²) in [6, 6.07) is -2.20. The van der Waals surface area contributed by atoms with Gasteiger partial charge in [-0.1, -0.05) is 6.92 Å². The van der Waals surface area contributed by atoms with Crippen LogP contribution in [0.5, 0.6) is 0 Å². The van der Waals surface area contributed by atoms with Crippen LogP contribution in [-0.2, 0) is 4.79 Å². The van der Waals surface area contributed by atoms with E-state index < -0.39 is 36.9 Å². The highest BCUT2D eigenvalue weighted by atomic mass is 19.3. The summed E-state index contributed by atoms with van der Waals surface area (Å²) in [5.74, 6) is -5.90. The van der Waals surface area contributed by atoms with Gasteiger partial charge in [0.05, 0.1) is 6.54 Å². The highest BCUT2D eigenvalue weighted by Crippen LogP contribution is 2.25. The molecular formula is C10H14F4N2O3. The van der Waals surface area contributed by atoms with Crippen LogP contribution in [-0.4, -0.2) is 53.5 Å². The van der Waals surface area contributed by atoms with Gasteiger partial charge in [-0.05, 0) is 12.3 Å². The van der Waals surface area contributed by atoms with Crippen LogP contribution >= 0.6 is 0 Å². The summed E-state index contributed by atoms with van der Waals surface area (Å²) in [4.78, 5) is 23.4. The predicted molar refractivity (Wildman–Crippen MR) is 56.3 cm³/mol. The number of rotatable bonds is 4. The third-order valence-electron chi connectivity index (χ3n) is 3.01. The van der Waals surface area contributed by atoms with E-state index in [9.17, 15) is 27.2 Å². The zero-order chi connectivity index (χ0) is 14.8. The Kier molecular flexibility index (Phi) is 4.59. The first-order valence-corrected chi connectivity index (χ1v) is 5.60. The number of likely N-dealkylation sites (tertiary alicyclic amines) is 1. The molecular weight excluding hydrogens is 272 g/mol. The molecule has 1 aliphatic heterocycles. The molecule has 1 rings (SSSR count). The Morgan fingerprint density at radius 2 is 2.05 bits per heavy atom. The number of carbonyl (C=O) groups is 2. The molecule has 1 fully saturated rings. The van der Waals surface area contributed by atoms with Crippen molar-refractivity contribution in [3.05, 3.63) is 0 Å². The number of carbonyl (C=O) groups excluding carboxylic acids is 1. The molecule has 1 saturated heterocycles. The fourth-order valence-corrected chi connectivity index (χ4v) is 1.92. The van der Waals surface area contributed by atoms with Gasteiger partial charge in [-0.25, -0.2) is 18.4 Å². The van der Waals surface area contributed by atoms with Gasteiger partial charge in [-0.15, -0.1) is 0 Å². The molecule has 2 amide bonds. The molecule has 0 aliphatic carbocycles. The minimum Gasteiger partial charge on any atom is -0.480 e. The van der Waals surface area contributed by atoms with Crippen molar-refractivity contribution in [2.75, 3.05) is 13.1 Å². The molecule has 9 heteroatoms. The number of hydrogen-bond acceptors (Lipinski definition) is 2. The Morgan fingerprint density at radius 3 is 2.53 bits per heavy atom. The van der Waals surface area contributed by atoms with E-state index in [2.05, 4.69) is 0 Å². The van der Waals surface area contributed by atoms with E-state index in [4.69, 9.17) is 5.11 Å². The van der Waals surface area contributed by atoms with Gasteiger partial charge in [0, 0.05) is 6.54 Å². The van der Waals surface area contributed by atoms with E-state index in [1.165, 1.54) is 0 Å². The van der Waals surface area contributed by atoms with Crippen LogP contribution in [0.1, 0.15) is 13.3 Å². The lowest BCUT2D eigenvalue weighted by molar-refractivity contribution is -0.142. The summed E-state index contributed by atoms with van der Waals surface area (Å²) in [5, 5.41) is 10.6. The zero-order valence-corrected chi connectivity index (χ0v) is 10.1. The Morgan fingerprint density at radius 1 is 1.47 bits per heavy atom. The monoisotopic (exact) mass is 286 g/mol. The number of nitrogens with zero attached hydrogens (tertiary/aromatic N) is 1. The average Bonchev–Trinajstić information content (AvgIpc) is 2.68. The SMILES string of the molecule is CC1CCN(C(=O)NCC(F)(F)C(F)F)C1C(=O)O. The maximum atomic E-state index is 12.6. The van der Waals surface area contributed by atoms with Gasteiger partial charge in [-0.2, -0.15) is 8.78 Å². The number of urea groups is 1. The molecule has 5 nitrogen and oxygen atoms in total. The summed E-state index contributed by atoms with van der Waals surface area (Å²) in [7, 11) is 0. The quantitative estimate of drug-likeness (QED) is 0.767. The maximum absolute atomic E-state index is 12.6. The molecule has 19 heavy (non-hydrogen) atoms. The average molecular weight is 286 g/mol. The molecule has 2 unspecified atom stereocenters. The lowest BCUT2D eigenvalue weighted by atomic mass is 10.0. The van der Waals surface area contributed by atoms with Crippen molar-refractivity contribution in [1.29, 1.82) is 0 Å². The number of amides is 2. The number of halogens is 4.